The molecule has 0 aromatic rings. The molecule has 1 unspecified atom stereocenters. The maximum absolute atomic E-state index is 12.9. The molecule has 0 spiro atoms. The van der Waals surface area contributed by atoms with Gasteiger partial charge in [0.25, 0.3) is 0 Å². The van der Waals surface area contributed by atoms with Gasteiger partial charge in [0, 0.05) is 25.7 Å². The summed E-state index contributed by atoms with van der Waals surface area (Å²) >= 11 is 0. The van der Waals surface area contributed by atoms with Crippen LogP contribution in [0.5, 0.6) is 0 Å². The van der Waals surface area contributed by atoms with Gasteiger partial charge >= 0.3 is 12.1 Å². The summed E-state index contributed by atoms with van der Waals surface area (Å²) in [5.74, 6) is -5.05. The molecule has 5 nitrogen and oxygen atoms in total. The van der Waals surface area contributed by atoms with Gasteiger partial charge in [-0.25, -0.2) is 0 Å². The van der Waals surface area contributed by atoms with Gasteiger partial charge in [-0.3, -0.25) is 14.5 Å². The Morgan fingerprint density at radius 1 is 1.32 bits per heavy atom. The number of nitrogens with zero attached hydrogens (tertiary/aromatic N) is 2. The van der Waals surface area contributed by atoms with E-state index in [4.69, 9.17) is 5.11 Å². The van der Waals surface area contributed by atoms with Crippen LogP contribution >= 0.6 is 12.4 Å². The molecule has 2 fully saturated rings. The average molecular weight is 345 g/mol. The van der Waals surface area contributed by atoms with Gasteiger partial charge < -0.3 is 10.0 Å². The number of carboxylic acid groups (broad SMARTS) is 1. The predicted octanol–water partition coefficient (Wildman–Crippen LogP) is 1.61. The molecule has 1 N–H and O–H groups in total. The fourth-order valence-corrected chi connectivity index (χ4v) is 3.21. The Labute approximate surface area is 132 Å². The van der Waals surface area contributed by atoms with Gasteiger partial charge in [0.15, 0.2) is 0 Å². The molecule has 2 aliphatic rings. The Hall–Kier alpha value is -1.02. The van der Waals surface area contributed by atoms with Crippen LogP contribution in [-0.2, 0) is 9.59 Å². The largest absolute Gasteiger partial charge is 0.481 e. The topological polar surface area (TPSA) is 60.9 Å². The minimum atomic E-state index is -4.56. The molecule has 9 heteroatoms. The molecule has 22 heavy (non-hydrogen) atoms. The molecule has 2 saturated heterocycles. The highest BCUT2D eigenvalue weighted by Crippen LogP contribution is 2.39. The zero-order valence-corrected chi connectivity index (χ0v) is 13.2. The Morgan fingerprint density at radius 2 is 1.91 bits per heavy atom. The summed E-state index contributed by atoms with van der Waals surface area (Å²) < 4.78 is 38.8. The third-order valence-corrected chi connectivity index (χ3v) is 4.36. The molecule has 0 aromatic carbocycles. The second-order valence-electron chi connectivity index (χ2n) is 5.98. The van der Waals surface area contributed by atoms with Crippen molar-refractivity contribution in [2.75, 3.05) is 19.6 Å². The summed E-state index contributed by atoms with van der Waals surface area (Å²) in [6.07, 6.45) is -4.11. The number of likely N-dealkylation sites (tertiary alicyclic amines) is 2. The minimum Gasteiger partial charge on any atom is -0.481 e. The van der Waals surface area contributed by atoms with Crippen LogP contribution in [0, 0.1) is 11.8 Å². The number of alkyl halides is 3. The van der Waals surface area contributed by atoms with Crippen molar-refractivity contribution in [3.05, 3.63) is 0 Å². The highest BCUT2D eigenvalue weighted by Gasteiger charge is 2.55. The van der Waals surface area contributed by atoms with E-state index < -0.39 is 36.6 Å². The lowest BCUT2D eigenvalue weighted by atomic mass is 9.96. The first-order valence-electron chi connectivity index (χ1n) is 6.97. The van der Waals surface area contributed by atoms with Crippen molar-refractivity contribution >= 4 is 24.3 Å². The SMILES string of the molecule is CC(C)N1CCC(N2C[C@@H](C(F)(F)F)[C@H](C(=O)O)C2)C1=O.Cl. The molecule has 2 heterocycles. The second-order valence-corrected chi connectivity index (χ2v) is 5.98. The van der Waals surface area contributed by atoms with Crippen LogP contribution in [-0.4, -0.2) is 64.7 Å². The zero-order valence-electron chi connectivity index (χ0n) is 12.3. The van der Waals surface area contributed by atoms with E-state index in [-0.39, 0.29) is 30.9 Å². The Kier molecular flexibility index (Phi) is 5.72. The molecule has 2 rings (SSSR count). The molecule has 0 radical (unpaired) electrons. The normalized spacial score (nSPS) is 30.0. The van der Waals surface area contributed by atoms with Crippen LogP contribution in [0.25, 0.3) is 0 Å². The van der Waals surface area contributed by atoms with Crippen LogP contribution in [0.1, 0.15) is 20.3 Å². The van der Waals surface area contributed by atoms with Crippen LogP contribution in [0.2, 0.25) is 0 Å². The van der Waals surface area contributed by atoms with Gasteiger partial charge in [-0.05, 0) is 20.3 Å². The highest BCUT2D eigenvalue weighted by molar-refractivity contribution is 5.85. The second kappa shape index (κ2) is 6.62. The van der Waals surface area contributed by atoms with Crippen molar-refractivity contribution in [1.82, 2.24) is 9.80 Å². The van der Waals surface area contributed by atoms with Gasteiger partial charge in [-0.2, -0.15) is 13.2 Å². The summed E-state index contributed by atoms with van der Waals surface area (Å²) in [5.41, 5.74) is 0. The molecule has 0 bridgehead atoms. The number of carboxylic acids is 1. The number of hydrogen-bond donors (Lipinski definition) is 1. The summed E-state index contributed by atoms with van der Waals surface area (Å²) in [6, 6.07) is -0.625. The smallest absolute Gasteiger partial charge is 0.393 e. The van der Waals surface area contributed by atoms with Gasteiger partial charge in [-0.15, -0.1) is 12.4 Å². The first kappa shape index (κ1) is 19.0. The lowest BCUT2D eigenvalue weighted by Crippen LogP contribution is -2.43. The van der Waals surface area contributed by atoms with E-state index in [0.29, 0.717) is 13.0 Å². The van der Waals surface area contributed by atoms with E-state index in [1.165, 1.54) is 4.90 Å². The van der Waals surface area contributed by atoms with Crippen molar-refractivity contribution in [3.8, 4) is 0 Å². The molecule has 0 aromatic heterocycles. The fraction of sp³-hybridized carbons (Fsp3) is 0.846. The first-order valence-corrected chi connectivity index (χ1v) is 6.97. The lowest BCUT2D eigenvalue weighted by Gasteiger charge is -2.25. The molecular formula is C13H20ClF3N2O3. The molecule has 0 saturated carbocycles. The number of hydrogen-bond acceptors (Lipinski definition) is 3. The van der Waals surface area contributed by atoms with E-state index in [0.717, 1.165) is 0 Å². The quantitative estimate of drug-likeness (QED) is 0.845. The Morgan fingerprint density at radius 3 is 2.27 bits per heavy atom. The Balaban J connectivity index is 0.00000242. The van der Waals surface area contributed by atoms with Gasteiger partial charge in [0.2, 0.25) is 5.91 Å². The zero-order chi connectivity index (χ0) is 15.9. The van der Waals surface area contributed by atoms with Crippen LogP contribution in [0.4, 0.5) is 13.2 Å². The third-order valence-electron chi connectivity index (χ3n) is 4.36. The predicted molar refractivity (Wildman–Crippen MR) is 74.7 cm³/mol. The number of rotatable bonds is 3. The number of carbonyl (C=O) groups is 2. The number of halogens is 4. The van der Waals surface area contributed by atoms with Gasteiger partial charge in [-0.1, -0.05) is 0 Å². The van der Waals surface area contributed by atoms with Crippen molar-refractivity contribution in [1.29, 1.82) is 0 Å². The van der Waals surface area contributed by atoms with Crippen molar-refractivity contribution < 1.29 is 27.9 Å². The average Bonchev–Trinajstić information content (AvgIpc) is 2.91. The maximum Gasteiger partial charge on any atom is 0.393 e. The standard InChI is InChI=1S/C13H19F3N2O3.ClH/c1-7(2)18-4-3-10(11(18)19)17-5-8(12(20)21)9(6-17)13(14,15)16;/h7-10H,3-6H2,1-2H3,(H,20,21);1H/t8-,9-,10?;/m1./s1. The van der Waals surface area contributed by atoms with Gasteiger partial charge in [0.1, 0.15) is 0 Å². The van der Waals surface area contributed by atoms with Crippen molar-refractivity contribution in [2.24, 2.45) is 11.8 Å². The van der Waals surface area contributed by atoms with E-state index >= 15 is 0 Å². The van der Waals surface area contributed by atoms with E-state index in [2.05, 4.69) is 0 Å². The molecule has 1 amide bonds. The van der Waals surface area contributed by atoms with Crippen molar-refractivity contribution in [2.45, 2.75) is 38.5 Å². The summed E-state index contributed by atoms with van der Waals surface area (Å²) in [6.45, 7) is 3.57. The maximum atomic E-state index is 12.9. The van der Waals surface area contributed by atoms with E-state index in [1.54, 1.807) is 4.90 Å². The van der Waals surface area contributed by atoms with E-state index in [1.807, 2.05) is 13.8 Å². The van der Waals surface area contributed by atoms with Crippen LogP contribution in [0.15, 0.2) is 0 Å². The number of amides is 1. The number of aliphatic carboxylic acids is 1. The lowest BCUT2D eigenvalue weighted by molar-refractivity contribution is -0.188. The molecule has 0 aliphatic carbocycles. The van der Waals surface area contributed by atoms with Gasteiger partial charge in [0.05, 0.1) is 17.9 Å². The van der Waals surface area contributed by atoms with Crippen LogP contribution < -0.4 is 0 Å². The van der Waals surface area contributed by atoms with E-state index in [9.17, 15) is 22.8 Å². The first-order chi connectivity index (χ1) is 9.62. The molecular weight excluding hydrogens is 325 g/mol. The summed E-state index contributed by atoms with van der Waals surface area (Å²) in [7, 11) is 0. The summed E-state index contributed by atoms with van der Waals surface area (Å²) in [5, 5.41) is 8.99. The molecule has 128 valence electrons. The van der Waals surface area contributed by atoms with Crippen LogP contribution in [0.3, 0.4) is 0 Å². The summed E-state index contributed by atoms with van der Waals surface area (Å²) in [4.78, 5) is 26.3. The monoisotopic (exact) mass is 344 g/mol. The number of carbonyl (C=O) groups excluding carboxylic acids is 1. The fourth-order valence-electron chi connectivity index (χ4n) is 3.21. The Bertz CT molecular complexity index is 445. The van der Waals surface area contributed by atoms with Crippen molar-refractivity contribution in [3.63, 3.8) is 0 Å². The highest BCUT2D eigenvalue weighted by atomic mass is 35.5. The minimum absolute atomic E-state index is 0. The third kappa shape index (κ3) is 3.48. The molecule has 3 atom stereocenters. The molecule has 2 aliphatic heterocycles.